The van der Waals surface area contributed by atoms with Gasteiger partial charge in [0.15, 0.2) is 0 Å². The van der Waals surface area contributed by atoms with E-state index in [2.05, 4.69) is 6.92 Å². The quantitative estimate of drug-likeness (QED) is 0.389. The first kappa shape index (κ1) is 14.0. The molecule has 0 heterocycles. The van der Waals surface area contributed by atoms with Gasteiger partial charge in [-0.1, -0.05) is 30.7 Å². The Morgan fingerprint density at radius 3 is 2.27 bits per heavy atom. The van der Waals surface area contributed by atoms with Gasteiger partial charge in [-0.3, -0.25) is 0 Å². The Kier molecular flexibility index (Phi) is 7.64. The van der Waals surface area contributed by atoms with E-state index in [1.807, 2.05) is 25.1 Å². The summed E-state index contributed by atoms with van der Waals surface area (Å²) in [6, 6.07) is 5.67. The van der Waals surface area contributed by atoms with Gasteiger partial charge in [-0.05, 0) is 0 Å². The Hall–Kier alpha value is 0.436. The van der Waals surface area contributed by atoms with Gasteiger partial charge in [0.2, 0.25) is 0 Å². The predicted octanol–water partition coefficient (Wildman–Crippen LogP) is -0.546. The summed E-state index contributed by atoms with van der Waals surface area (Å²) in [6.45, 7) is 5.80. The second-order valence-electron chi connectivity index (χ2n) is 2.07. The van der Waals surface area contributed by atoms with Gasteiger partial charge < -0.3 is 12.4 Å². The maximum Gasteiger partial charge on any atom is 2.00 e. The SMILES string of the molecule is [CH2-]c1ccc(Cl)cc1C.[Cl-].[Mg+2]. The molecular weight excluding hydrogens is 191 g/mol. The molecule has 1 rings (SSSR count). The number of aryl methyl sites for hydroxylation is 1. The maximum atomic E-state index is 5.69. The van der Waals surface area contributed by atoms with E-state index >= 15 is 0 Å². The zero-order valence-corrected chi connectivity index (χ0v) is 9.33. The molecule has 11 heavy (non-hydrogen) atoms. The standard InChI is InChI=1S/C8H8Cl.ClH.Mg/c1-6-3-4-8(9)5-7(6)2;;/h3-5H,1H2,2H3;1H;/q-1;;+2/p-1. The van der Waals surface area contributed by atoms with Crippen LogP contribution in [0.5, 0.6) is 0 Å². The molecule has 0 aromatic heterocycles. The summed E-state index contributed by atoms with van der Waals surface area (Å²) in [5.41, 5.74) is 2.18. The van der Waals surface area contributed by atoms with E-state index in [1.165, 1.54) is 0 Å². The van der Waals surface area contributed by atoms with Crippen molar-refractivity contribution < 1.29 is 12.4 Å². The van der Waals surface area contributed by atoms with Gasteiger partial charge in [0.05, 0.1) is 0 Å². The maximum absolute atomic E-state index is 5.69. The first-order valence-corrected chi connectivity index (χ1v) is 3.16. The van der Waals surface area contributed by atoms with Gasteiger partial charge >= 0.3 is 23.1 Å². The van der Waals surface area contributed by atoms with Gasteiger partial charge in [-0.15, -0.1) is 0 Å². The van der Waals surface area contributed by atoms with Crippen LogP contribution in [0.2, 0.25) is 5.02 Å². The summed E-state index contributed by atoms with van der Waals surface area (Å²) in [4.78, 5) is 0. The van der Waals surface area contributed by atoms with Crippen LogP contribution in [0, 0.1) is 13.8 Å². The fourth-order valence-electron chi connectivity index (χ4n) is 0.659. The van der Waals surface area contributed by atoms with Gasteiger partial charge in [-0.2, -0.15) is 24.1 Å². The van der Waals surface area contributed by atoms with E-state index in [0.717, 1.165) is 16.1 Å². The molecule has 0 aliphatic rings. The second kappa shape index (κ2) is 6.01. The molecule has 0 aliphatic heterocycles. The van der Waals surface area contributed by atoms with Gasteiger partial charge in [0, 0.05) is 5.02 Å². The zero-order chi connectivity index (χ0) is 6.85. The molecule has 3 heteroatoms. The molecule has 0 radical (unpaired) electrons. The molecule has 0 unspecified atom stereocenters. The minimum absolute atomic E-state index is 0. The summed E-state index contributed by atoms with van der Waals surface area (Å²) < 4.78 is 0. The summed E-state index contributed by atoms with van der Waals surface area (Å²) in [5, 5.41) is 0.778. The van der Waals surface area contributed by atoms with Crippen LogP contribution < -0.4 is 12.4 Å². The number of hydrogen-bond acceptors (Lipinski definition) is 0. The third-order valence-electron chi connectivity index (χ3n) is 1.30. The molecule has 0 atom stereocenters. The summed E-state index contributed by atoms with van der Waals surface area (Å²) >= 11 is 5.69. The Bertz CT molecular complexity index is 223. The van der Waals surface area contributed by atoms with Crippen LogP contribution in [0.15, 0.2) is 18.2 Å². The average molecular weight is 199 g/mol. The van der Waals surface area contributed by atoms with Crippen molar-refractivity contribution in [3.05, 3.63) is 41.3 Å². The van der Waals surface area contributed by atoms with E-state index in [9.17, 15) is 0 Å². The van der Waals surface area contributed by atoms with Gasteiger partial charge in [0.25, 0.3) is 0 Å². The second-order valence-corrected chi connectivity index (χ2v) is 2.51. The Morgan fingerprint density at radius 2 is 1.91 bits per heavy atom. The van der Waals surface area contributed by atoms with Crippen molar-refractivity contribution in [2.45, 2.75) is 6.92 Å². The first-order chi connectivity index (χ1) is 4.20. The first-order valence-electron chi connectivity index (χ1n) is 2.78. The summed E-state index contributed by atoms with van der Waals surface area (Å²) in [7, 11) is 0. The third kappa shape index (κ3) is 4.11. The fraction of sp³-hybridized carbons (Fsp3) is 0.125. The number of rotatable bonds is 0. The van der Waals surface area contributed by atoms with E-state index in [4.69, 9.17) is 11.6 Å². The van der Waals surface area contributed by atoms with Crippen molar-refractivity contribution in [1.29, 1.82) is 0 Å². The molecule has 0 spiro atoms. The molecule has 0 saturated carbocycles. The average Bonchev–Trinajstić information content (AvgIpc) is 1.80. The minimum atomic E-state index is 0. The van der Waals surface area contributed by atoms with Crippen molar-refractivity contribution in [1.82, 2.24) is 0 Å². The molecule has 0 N–H and O–H groups in total. The summed E-state index contributed by atoms with van der Waals surface area (Å²) in [5.74, 6) is 0. The molecule has 0 amide bonds. The van der Waals surface area contributed by atoms with Crippen molar-refractivity contribution in [2.75, 3.05) is 0 Å². The van der Waals surface area contributed by atoms with Gasteiger partial charge in [-0.25, -0.2) is 0 Å². The molecule has 56 valence electrons. The molecule has 0 nitrogen and oxygen atoms in total. The number of hydrogen-bond donors (Lipinski definition) is 0. The monoisotopic (exact) mass is 198 g/mol. The smallest absolute Gasteiger partial charge is 1.00 e. The van der Waals surface area contributed by atoms with Crippen molar-refractivity contribution in [3.8, 4) is 0 Å². The third-order valence-corrected chi connectivity index (χ3v) is 1.54. The molecule has 1 aromatic carbocycles. The largest absolute Gasteiger partial charge is 2.00 e. The van der Waals surface area contributed by atoms with E-state index in [-0.39, 0.29) is 35.5 Å². The fourth-order valence-corrected chi connectivity index (χ4v) is 0.886. The zero-order valence-electron chi connectivity index (χ0n) is 6.40. The Morgan fingerprint density at radius 1 is 1.36 bits per heavy atom. The van der Waals surface area contributed by atoms with Crippen LogP contribution >= 0.6 is 11.6 Å². The van der Waals surface area contributed by atoms with Crippen LogP contribution in [-0.2, 0) is 0 Å². The number of benzene rings is 1. The van der Waals surface area contributed by atoms with Crippen molar-refractivity contribution in [3.63, 3.8) is 0 Å². The Labute approximate surface area is 94.9 Å². The van der Waals surface area contributed by atoms with E-state index in [0.29, 0.717) is 0 Å². The van der Waals surface area contributed by atoms with Gasteiger partial charge in [0.1, 0.15) is 0 Å². The molecule has 0 fully saturated rings. The van der Waals surface area contributed by atoms with Crippen molar-refractivity contribution in [2.24, 2.45) is 0 Å². The topological polar surface area (TPSA) is 0 Å². The molecule has 0 bridgehead atoms. The van der Waals surface area contributed by atoms with Crippen LogP contribution in [0.25, 0.3) is 0 Å². The van der Waals surface area contributed by atoms with E-state index < -0.39 is 0 Å². The molecule has 0 saturated heterocycles. The van der Waals surface area contributed by atoms with Crippen LogP contribution in [0.4, 0.5) is 0 Å². The minimum Gasteiger partial charge on any atom is -1.00 e. The molecule has 1 aromatic rings. The van der Waals surface area contributed by atoms with Crippen LogP contribution in [-0.4, -0.2) is 23.1 Å². The predicted molar refractivity (Wildman–Crippen MR) is 46.4 cm³/mol. The van der Waals surface area contributed by atoms with Crippen LogP contribution in [0.1, 0.15) is 11.1 Å². The Balaban J connectivity index is 0. The number of halogens is 2. The summed E-state index contributed by atoms with van der Waals surface area (Å²) in [6.07, 6.45) is 0. The van der Waals surface area contributed by atoms with E-state index in [1.54, 1.807) is 0 Å². The van der Waals surface area contributed by atoms with Crippen molar-refractivity contribution >= 4 is 34.7 Å². The molecular formula is C8H8Cl2Mg. The van der Waals surface area contributed by atoms with Crippen LogP contribution in [0.3, 0.4) is 0 Å². The molecule has 0 aliphatic carbocycles. The normalized spacial score (nSPS) is 7.82.